The number of imidazole rings is 1. The summed E-state index contributed by atoms with van der Waals surface area (Å²) in [5.74, 6) is -0.273. The van der Waals surface area contributed by atoms with Crippen LogP contribution in [0.4, 0.5) is 0 Å². The van der Waals surface area contributed by atoms with E-state index in [2.05, 4.69) is 10.3 Å². The molecule has 0 aliphatic rings. The van der Waals surface area contributed by atoms with Gasteiger partial charge in [-0.1, -0.05) is 0 Å². The molecular formula is C10H12N4O3S2. The number of primary sulfonamides is 1. The van der Waals surface area contributed by atoms with Gasteiger partial charge in [-0.3, -0.25) is 4.79 Å². The van der Waals surface area contributed by atoms with Crippen molar-refractivity contribution in [3.63, 3.8) is 0 Å². The molecule has 0 aliphatic carbocycles. The molecule has 2 rings (SSSR count). The minimum atomic E-state index is -3.68. The second kappa shape index (κ2) is 5.11. The van der Waals surface area contributed by atoms with Crippen molar-refractivity contribution in [2.24, 2.45) is 12.2 Å². The zero-order valence-electron chi connectivity index (χ0n) is 10.0. The number of carbonyl (C=O) groups is 1. The Morgan fingerprint density at radius 1 is 1.53 bits per heavy atom. The third kappa shape index (κ3) is 3.19. The van der Waals surface area contributed by atoms with Crippen molar-refractivity contribution in [1.82, 2.24) is 14.9 Å². The lowest BCUT2D eigenvalue weighted by Gasteiger charge is -2.03. The molecule has 0 fully saturated rings. The quantitative estimate of drug-likeness (QED) is 0.832. The molecule has 0 bridgehead atoms. The lowest BCUT2D eigenvalue weighted by atomic mass is 10.4. The predicted molar refractivity (Wildman–Crippen MR) is 70.1 cm³/mol. The van der Waals surface area contributed by atoms with Crippen LogP contribution in [0.1, 0.15) is 15.4 Å². The van der Waals surface area contributed by atoms with Crippen LogP contribution in [0.25, 0.3) is 0 Å². The average molecular weight is 300 g/mol. The maximum absolute atomic E-state index is 11.8. The average Bonchev–Trinajstić information content (AvgIpc) is 2.93. The van der Waals surface area contributed by atoms with Crippen molar-refractivity contribution in [2.75, 3.05) is 0 Å². The molecule has 2 aromatic rings. The number of rotatable bonds is 4. The zero-order valence-corrected chi connectivity index (χ0v) is 11.7. The molecule has 0 unspecified atom stereocenters. The van der Waals surface area contributed by atoms with Gasteiger partial charge in [-0.15, -0.1) is 11.3 Å². The van der Waals surface area contributed by atoms with Crippen LogP contribution in [0, 0.1) is 0 Å². The van der Waals surface area contributed by atoms with Gasteiger partial charge in [0, 0.05) is 11.9 Å². The molecule has 0 spiro atoms. The number of nitrogens with zero attached hydrogens (tertiary/aromatic N) is 2. The van der Waals surface area contributed by atoms with E-state index in [1.165, 1.54) is 18.6 Å². The Morgan fingerprint density at radius 2 is 2.26 bits per heavy atom. The summed E-state index contributed by atoms with van der Waals surface area (Å²) in [5, 5.41) is 7.69. The van der Waals surface area contributed by atoms with Gasteiger partial charge in [0.25, 0.3) is 5.91 Å². The number of sulfonamides is 1. The number of thiophene rings is 1. The standard InChI is InChI=1S/C10H12N4O3S2/c1-14-6-12-5-8(14)10(15)13-4-7-2-3-9(18-7)19(11,16)17/h2-3,5-6H,4H2,1H3,(H,13,15)(H2,11,16,17). The number of hydrogen-bond acceptors (Lipinski definition) is 5. The highest BCUT2D eigenvalue weighted by atomic mass is 32.2. The van der Waals surface area contributed by atoms with Gasteiger partial charge in [0.15, 0.2) is 0 Å². The van der Waals surface area contributed by atoms with Crippen LogP contribution >= 0.6 is 11.3 Å². The SMILES string of the molecule is Cn1cncc1C(=O)NCc1ccc(S(N)(=O)=O)s1. The van der Waals surface area contributed by atoms with E-state index in [1.54, 1.807) is 17.7 Å². The summed E-state index contributed by atoms with van der Waals surface area (Å²) in [6.07, 6.45) is 2.98. The Labute approximate surface area is 114 Å². The molecule has 0 saturated carbocycles. The zero-order chi connectivity index (χ0) is 14.0. The Kier molecular flexibility index (Phi) is 3.69. The minimum Gasteiger partial charge on any atom is -0.346 e. The summed E-state index contributed by atoms with van der Waals surface area (Å²) < 4.78 is 23.9. The first-order chi connectivity index (χ1) is 8.88. The molecule has 0 atom stereocenters. The van der Waals surface area contributed by atoms with Crippen LogP contribution in [0.3, 0.4) is 0 Å². The fourth-order valence-electron chi connectivity index (χ4n) is 1.44. The van der Waals surface area contributed by atoms with E-state index in [0.29, 0.717) is 10.6 Å². The number of amides is 1. The molecule has 7 nitrogen and oxygen atoms in total. The molecule has 3 N–H and O–H groups in total. The maximum atomic E-state index is 11.8. The molecule has 1 amide bonds. The van der Waals surface area contributed by atoms with Crippen LogP contribution in [-0.2, 0) is 23.6 Å². The van der Waals surface area contributed by atoms with Gasteiger partial charge in [0.2, 0.25) is 10.0 Å². The van der Waals surface area contributed by atoms with Crippen molar-refractivity contribution in [3.05, 3.63) is 35.2 Å². The fourth-order valence-corrected chi connectivity index (χ4v) is 3.16. The molecular weight excluding hydrogens is 288 g/mol. The van der Waals surface area contributed by atoms with Crippen LogP contribution in [-0.4, -0.2) is 23.9 Å². The van der Waals surface area contributed by atoms with Gasteiger partial charge >= 0.3 is 0 Å². The highest BCUT2D eigenvalue weighted by Gasteiger charge is 2.13. The van der Waals surface area contributed by atoms with Crippen LogP contribution in [0.2, 0.25) is 0 Å². The summed E-state index contributed by atoms with van der Waals surface area (Å²) in [7, 11) is -1.96. The predicted octanol–water partition coefficient (Wildman–Crippen LogP) is 0.0590. The van der Waals surface area contributed by atoms with E-state index in [0.717, 1.165) is 11.3 Å². The summed E-state index contributed by atoms with van der Waals surface area (Å²) in [5.41, 5.74) is 0.434. The third-order valence-electron chi connectivity index (χ3n) is 2.39. The number of carbonyl (C=O) groups excluding carboxylic acids is 1. The van der Waals surface area contributed by atoms with Gasteiger partial charge in [-0.2, -0.15) is 0 Å². The van der Waals surface area contributed by atoms with Gasteiger partial charge in [-0.25, -0.2) is 18.5 Å². The van der Waals surface area contributed by atoms with Gasteiger partial charge in [-0.05, 0) is 12.1 Å². The van der Waals surface area contributed by atoms with Crippen LogP contribution < -0.4 is 10.5 Å². The Bertz CT molecular complexity index is 702. The summed E-state index contributed by atoms with van der Waals surface area (Å²) >= 11 is 1.03. The van der Waals surface area contributed by atoms with E-state index < -0.39 is 10.0 Å². The Morgan fingerprint density at radius 3 is 2.79 bits per heavy atom. The summed E-state index contributed by atoms with van der Waals surface area (Å²) in [4.78, 5) is 16.3. The third-order valence-corrected chi connectivity index (χ3v) is 4.91. The first kappa shape index (κ1) is 13.7. The van der Waals surface area contributed by atoms with E-state index in [1.807, 2.05) is 0 Å². The van der Waals surface area contributed by atoms with Crippen molar-refractivity contribution < 1.29 is 13.2 Å². The number of aromatic nitrogens is 2. The molecule has 9 heteroatoms. The Hall–Kier alpha value is -1.71. The molecule has 2 heterocycles. The second-order valence-corrected chi connectivity index (χ2v) is 6.79. The highest BCUT2D eigenvalue weighted by Crippen LogP contribution is 2.20. The van der Waals surface area contributed by atoms with Crippen LogP contribution in [0.5, 0.6) is 0 Å². The number of aryl methyl sites for hydroxylation is 1. The number of hydrogen-bond donors (Lipinski definition) is 2. The van der Waals surface area contributed by atoms with E-state index >= 15 is 0 Å². The second-order valence-electron chi connectivity index (χ2n) is 3.84. The maximum Gasteiger partial charge on any atom is 0.269 e. The summed E-state index contributed by atoms with van der Waals surface area (Å²) in [6.45, 7) is 0.240. The van der Waals surface area contributed by atoms with Crippen molar-refractivity contribution >= 4 is 27.3 Å². The van der Waals surface area contributed by atoms with Crippen LogP contribution in [0.15, 0.2) is 28.9 Å². The van der Waals surface area contributed by atoms with Gasteiger partial charge in [0.05, 0.1) is 19.1 Å². The monoisotopic (exact) mass is 300 g/mol. The van der Waals surface area contributed by atoms with Gasteiger partial charge in [0.1, 0.15) is 9.90 Å². The molecule has 102 valence electrons. The van der Waals surface area contributed by atoms with Crippen molar-refractivity contribution in [3.8, 4) is 0 Å². The normalized spacial score (nSPS) is 11.5. The molecule has 0 aromatic carbocycles. The molecule has 0 aliphatic heterocycles. The first-order valence-corrected chi connectivity index (χ1v) is 7.60. The lowest BCUT2D eigenvalue weighted by molar-refractivity contribution is 0.0943. The molecule has 2 aromatic heterocycles. The number of nitrogens with one attached hydrogen (secondary N) is 1. The smallest absolute Gasteiger partial charge is 0.269 e. The number of nitrogens with two attached hydrogens (primary N) is 1. The molecule has 0 radical (unpaired) electrons. The topological polar surface area (TPSA) is 107 Å². The first-order valence-electron chi connectivity index (χ1n) is 5.24. The van der Waals surface area contributed by atoms with E-state index in [-0.39, 0.29) is 16.7 Å². The highest BCUT2D eigenvalue weighted by molar-refractivity contribution is 7.91. The van der Waals surface area contributed by atoms with Gasteiger partial charge < -0.3 is 9.88 Å². The fraction of sp³-hybridized carbons (Fsp3) is 0.200. The minimum absolute atomic E-state index is 0.0808. The largest absolute Gasteiger partial charge is 0.346 e. The Balaban J connectivity index is 2.02. The van der Waals surface area contributed by atoms with Crippen molar-refractivity contribution in [2.45, 2.75) is 10.8 Å². The molecule has 0 saturated heterocycles. The van der Waals surface area contributed by atoms with E-state index in [9.17, 15) is 13.2 Å². The lowest BCUT2D eigenvalue weighted by Crippen LogP contribution is -2.24. The van der Waals surface area contributed by atoms with Crippen molar-refractivity contribution in [1.29, 1.82) is 0 Å². The summed E-state index contributed by atoms with van der Waals surface area (Å²) in [6, 6.07) is 3.04. The molecule has 19 heavy (non-hydrogen) atoms. The van der Waals surface area contributed by atoms with E-state index in [4.69, 9.17) is 5.14 Å².